The van der Waals surface area contributed by atoms with Crippen molar-refractivity contribution < 1.29 is 17.9 Å². The number of ether oxygens (including phenoxy) is 1. The van der Waals surface area contributed by atoms with Gasteiger partial charge < -0.3 is 10.1 Å². The van der Waals surface area contributed by atoms with Gasteiger partial charge in [0.15, 0.2) is 6.10 Å². The van der Waals surface area contributed by atoms with Crippen molar-refractivity contribution in [1.29, 1.82) is 0 Å². The van der Waals surface area contributed by atoms with Gasteiger partial charge in [0.1, 0.15) is 5.75 Å². The zero-order valence-electron chi connectivity index (χ0n) is 16.8. The summed E-state index contributed by atoms with van der Waals surface area (Å²) in [6.07, 6.45) is -0.723. The Balaban J connectivity index is 1.65. The number of amides is 1. The van der Waals surface area contributed by atoms with Crippen LogP contribution in [0.4, 0.5) is 11.6 Å². The number of carbonyl (C=O) groups is 1. The summed E-state index contributed by atoms with van der Waals surface area (Å²) in [5.74, 6) is 0.245. The molecular formula is C21H22N4O4S. The molecule has 30 heavy (non-hydrogen) atoms. The molecule has 9 heteroatoms. The van der Waals surface area contributed by atoms with Crippen LogP contribution >= 0.6 is 0 Å². The van der Waals surface area contributed by atoms with Crippen LogP contribution in [0.2, 0.25) is 0 Å². The largest absolute Gasteiger partial charge is 0.481 e. The first-order valence-electron chi connectivity index (χ1n) is 9.21. The lowest BCUT2D eigenvalue weighted by Crippen LogP contribution is -2.30. The molecule has 156 valence electrons. The predicted octanol–water partition coefficient (Wildman–Crippen LogP) is 3.30. The molecule has 0 aliphatic rings. The number of hydrogen-bond acceptors (Lipinski definition) is 6. The van der Waals surface area contributed by atoms with Crippen molar-refractivity contribution in [3.05, 3.63) is 72.1 Å². The zero-order chi connectivity index (χ0) is 21.7. The third kappa shape index (κ3) is 5.54. The summed E-state index contributed by atoms with van der Waals surface area (Å²) in [4.78, 5) is 20.5. The fourth-order valence-electron chi connectivity index (χ4n) is 2.67. The van der Waals surface area contributed by atoms with E-state index in [0.29, 0.717) is 22.8 Å². The molecule has 1 amide bonds. The second kappa shape index (κ2) is 8.91. The van der Waals surface area contributed by atoms with Gasteiger partial charge in [0, 0.05) is 17.1 Å². The molecule has 8 nitrogen and oxygen atoms in total. The molecule has 2 aromatic carbocycles. The first-order valence-corrected chi connectivity index (χ1v) is 10.7. The molecule has 1 heterocycles. The standard InChI is InChI=1S/C21H22N4O4S/c1-14-13-15(2)23-21(22-14)25-30(27,28)19-11-9-17(10-12-19)24-20(26)16(3)29-18-7-5-4-6-8-18/h4-13,16H,1-3H3,(H,24,26)(H,22,23,25)/t16-/m0/s1. The van der Waals surface area contributed by atoms with E-state index in [1.807, 2.05) is 18.2 Å². The maximum absolute atomic E-state index is 12.6. The summed E-state index contributed by atoms with van der Waals surface area (Å²) in [5, 5.41) is 2.70. The van der Waals surface area contributed by atoms with Crippen molar-refractivity contribution in [3.8, 4) is 5.75 Å². The van der Waals surface area contributed by atoms with Crippen LogP contribution in [0.1, 0.15) is 18.3 Å². The molecule has 3 aromatic rings. The van der Waals surface area contributed by atoms with Gasteiger partial charge in [-0.05, 0) is 63.2 Å². The van der Waals surface area contributed by atoms with Gasteiger partial charge in [-0.1, -0.05) is 18.2 Å². The Bertz CT molecular complexity index is 1110. The zero-order valence-corrected chi connectivity index (χ0v) is 17.6. The average molecular weight is 426 g/mol. The highest BCUT2D eigenvalue weighted by Crippen LogP contribution is 2.18. The van der Waals surface area contributed by atoms with E-state index in [1.165, 1.54) is 24.3 Å². The van der Waals surface area contributed by atoms with Crippen molar-refractivity contribution in [2.45, 2.75) is 31.8 Å². The molecule has 2 N–H and O–H groups in total. The van der Waals surface area contributed by atoms with Crippen LogP contribution in [0.15, 0.2) is 65.6 Å². The fraction of sp³-hybridized carbons (Fsp3) is 0.190. The first kappa shape index (κ1) is 21.3. The third-order valence-corrected chi connectivity index (χ3v) is 5.41. The maximum atomic E-state index is 12.6. The van der Waals surface area contributed by atoms with E-state index in [1.54, 1.807) is 39.0 Å². The van der Waals surface area contributed by atoms with Crippen LogP contribution in [-0.2, 0) is 14.8 Å². The quantitative estimate of drug-likeness (QED) is 0.600. The highest BCUT2D eigenvalue weighted by molar-refractivity contribution is 7.92. The Morgan fingerprint density at radius 2 is 1.57 bits per heavy atom. The Labute approximate surface area is 175 Å². The Hall–Kier alpha value is -3.46. The van der Waals surface area contributed by atoms with Crippen LogP contribution in [-0.4, -0.2) is 30.4 Å². The molecule has 0 unspecified atom stereocenters. The van der Waals surface area contributed by atoms with E-state index in [-0.39, 0.29) is 16.8 Å². The second-order valence-corrected chi connectivity index (χ2v) is 8.35. The van der Waals surface area contributed by atoms with Gasteiger partial charge in [0.2, 0.25) is 5.95 Å². The predicted molar refractivity (Wildman–Crippen MR) is 114 cm³/mol. The van der Waals surface area contributed by atoms with E-state index in [0.717, 1.165) is 0 Å². The molecule has 3 rings (SSSR count). The minimum atomic E-state index is -3.86. The fourth-order valence-corrected chi connectivity index (χ4v) is 3.61. The number of rotatable bonds is 7. The van der Waals surface area contributed by atoms with E-state index in [9.17, 15) is 13.2 Å². The minimum absolute atomic E-state index is 0.0109. The molecule has 1 aromatic heterocycles. The van der Waals surface area contributed by atoms with Crippen LogP contribution in [0.5, 0.6) is 5.75 Å². The minimum Gasteiger partial charge on any atom is -0.481 e. The number of benzene rings is 2. The highest BCUT2D eigenvalue weighted by atomic mass is 32.2. The van der Waals surface area contributed by atoms with Gasteiger partial charge in [0.05, 0.1) is 4.90 Å². The summed E-state index contributed by atoms with van der Waals surface area (Å²) in [6.45, 7) is 5.15. The highest BCUT2D eigenvalue weighted by Gasteiger charge is 2.18. The van der Waals surface area contributed by atoms with E-state index < -0.39 is 16.1 Å². The van der Waals surface area contributed by atoms with Crippen LogP contribution < -0.4 is 14.8 Å². The Morgan fingerprint density at radius 3 is 2.17 bits per heavy atom. The lowest BCUT2D eigenvalue weighted by atomic mass is 10.3. The number of anilines is 2. The van der Waals surface area contributed by atoms with Crippen LogP contribution in [0.3, 0.4) is 0 Å². The molecule has 0 aliphatic heterocycles. The van der Waals surface area contributed by atoms with Crippen molar-refractivity contribution in [2.75, 3.05) is 10.0 Å². The number of sulfonamides is 1. The van der Waals surface area contributed by atoms with E-state index in [4.69, 9.17) is 4.74 Å². The number of para-hydroxylation sites is 1. The summed E-state index contributed by atoms with van der Waals surface area (Å²) < 4.78 is 33.1. The smallest absolute Gasteiger partial charge is 0.265 e. The number of aromatic nitrogens is 2. The van der Waals surface area contributed by atoms with Crippen LogP contribution in [0.25, 0.3) is 0 Å². The van der Waals surface area contributed by atoms with Crippen LogP contribution in [0, 0.1) is 13.8 Å². The lowest BCUT2D eigenvalue weighted by Gasteiger charge is -2.15. The van der Waals surface area contributed by atoms with E-state index >= 15 is 0 Å². The summed E-state index contributed by atoms with van der Waals surface area (Å²) in [6, 6.07) is 16.5. The van der Waals surface area contributed by atoms with Gasteiger partial charge in [-0.3, -0.25) is 4.79 Å². The number of aryl methyl sites for hydroxylation is 2. The maximum Gasteiger partial charge on any atom is 0.265 e. The molecule has 0 radical (unpaired) electrons. The first-order chi connectivity index (χ1) is 14.2. The van der Waals surface area contributed by atoms with Gasteiger partial charge in [-0.2, -0.15) is 0 Å². The normalized spacial score (nSPS) is 12.1. The molecular weight excluding hydrogens is 404 g/mol. The molecule has 0 saturated heterocycles. The number of nitrogens with one attached hydrogen (secondary N) is 2. The molecule has 0 fully saturated rings. The second-order valence-electron chi connectivity index (χ2n) is 6.67. The molecule has 0 saturated carbocycles. The SMILES string of the molecule is Cc1cc(C)nc(NS(=O)(=O)c2ccc(NC(=O)[C@H](C)Oc3ccccc3)cc2)n1. The molecule has 0 spiro atoms. The van der Waals surface area contributed by atoms with Gasteiger partial charge in [0.25, 0.3) is 15.9 Å². The molecule has 1 atom stereocenters. The average Bonchev–Trinajstić information content (AvgIpc) is 2.68. The third-order valence-electron chi connectivity index (χ3n) is 4.07. The Kier molecular flexibility index (Phi) is 6.31. The topological polar surface area (TPSA) is 110 Å². The summed E-state index contributed by atoms with van der Waals surface area (Å²) in [5.41, 5.74) is 1.76. The summed E-state index contributed by atoms with van der Waals surface area (Å²) >= 11 is 0. The Morgan fingerprint density at radius 1 is 0.967 bits per heavy atom. The summed E-state index contributed by atoms with van der Waals surface area (Å²) in [7, 11) is -3.86. The van der Waals surface area contributed by atoms with Crippen molar-refractivity contribution >= 4 is 27.6 Å². The van der Waals surface area contributed by atoms with Crippen molar-refractivity contribution in [2.24, 2.45) is 0 Å². The number of carbonyl (C=O) groups excluding carboxylic acids is 1. The van der Waals surface area contributed by atoms with Gasteiger partial charge >= 0.3 is 0 Å². The lowest BCUT2D eigenvalue weighted by molar-refractivity contribution is -0.122. The van der Waals surface area contributed by atoms with Gasteiger partial charge in [-0.25, -0.2) is 23.1 Å². The monoisotopic (exact) mass is 426 g/mol. The number of hydrogen-bond donors (Lipinski definition) is 2. The molecule has 0 aliphatic carbocycles. The molecule has 0 bridgehead atoms. The van der Waals surface area contributed by atoms with E-state index in [2.05, 4.69) is 20.0 Å². The van der Waals surface area contributed by atoms with Crippen molar-refractivity contribution in [3.63, 3.8) is 0 Å². The number of nitrogens with zero attached hydrogens (tertiary/aromatic N) is 2. The van der Waals surface area contributed by atoms with Gasteiger partial charge in [-0.15, -0.1) is 0 Å². The van der Waals surface area contributed by atoms with Crippen molar-refractivity contribution in [1.82, 2.24) is 9.97 Å².